The summed E-state index contributed by atoms with van der Waals surface area (Å²) < 4.78 is 6.65. The molecule has 0 saturated carbocycles. The van der Waals surface area contributed by atoms with Crippen molar-refractivity contribution in [1.82, 2.24) is 14.8 Å². The molecule has 0 bridgehead atoms. The first kappa shape index (κ1) is 24.7. The summed E-state index contributed by atoms with van der Waals surface area (Å²) in [6, 6.07) is 22.8. The molecule has 1 aromatic heterocycles. The standard InChI is InChI=1S/C28H29N5O3S/c1-2-36-24-9-5-3-7-22(24)30-28(35)33-17-15-32(16-18-33)19-20-11-13-21(14-12-20)26(34)31-27-29-23-8-4-6-10-25(23)37-27/h3-14H,2,15-19H2,1H3,(H,30,35)(H,29,31,34). The largest absolute Gasteiger partial charge is 0.492 e. The van der Waals surface area contributed by atoms with Gasteiger partial charge in [0.2, 0.25) is 0 Å². The predicted molar refractivity (Wildman–Crippen MR) is 147 cm³/mol. The van der Waals surface area contributed by atoms with Crippen LogP contribution in [0.3, 0.4) is 0 Å². The number of aromatic nitrogens is 1. The third kappa shape index (κ3) is 6.07. The molecule has 1 fully saturated rings. The van der Waals surface area contributed by atoms with Crippen molar-refractivity contribution >= 4 is 44.3 Å². The number of para-hydroxylation sites is 3. The van der Waals surface area contributed by atoms with Gasteiger partial charge in [-0.3, -0.25) is 15.0 Å². The summed E-state index contributed by atoms with van der Waals surface area (Å²) in [5.74, 6) is 0.505. The highest BCUT2D eigenvalue weighted by Crippen LogP contribution is 2.26. The lowest BCUT2D eigenvalue weighted by molar-refractivity contribution is 0.102. The van der Waals surface area contributed by atoms with Crippen molar-refractivity contribution in [3.63, 3.8) is 0 Å². The highest BCUT2D eigenvalue weighted by molar-refractivity contribution is 7.22. The molecule has 0 spiro atoms. The molecule has 9 heteroatoms. The second kappa shape index (κ2) is 11.4. The van der Waals surface area contributed by atoms with Gasteiger partial charge in [-0.2, -0.15) is 0 Å². The lowest BCUT2D eigenvalue weighted by Gasteiger charge is -2.34. The van der Waals surface area contributed by atoms with Gasteiger partial charge < -0.3 is 15.0 Å². The van der Waals surface area contributed by atoms with Gasteiger partial charge in [0.1, 0.15) is 5.75 Å². The smallest absolute Gasteiger partial charge is 0.322 e. The van der Waals surface area contributed by atoms with Gasteiger partial charge in [0.25, 0.3) is 5.91 Å². The number of hydrogen-bond acceptors (Lipinski definition) is 6. The predicted octanol–water partition coefficient (Wildman–Crippen LogP) is 5.30. The minimum absolute atomic E-state index is 0.115. The maximum atomic E-state index is 12.8. The minimum Gasteiger partial charge on any atom is -0.492 e. The van der Waals surface area contributed by atoms with Crippen LogP contribution >= 0.6 is 11.3 Å². The van der Waals surface area contributed by atoms with Crippen LogP contribution in [0.25, 0.3) is 10.2 Å². The average Bonchev–Trinajstić information content (AvgIpc) is 3.33. The highest BCUT2D eigenvalue weighted by atomic mass is 32.1. The number of ether oxygens (including phenoxy) is 1. The Morgan fingerprint density at radius 1 is 0.919 bits per heavy atom. The summed E-state index contributed by atoms with van der Waals surface area (Å²) >= 11 is 1.46. The Balaban J connectivity index is 1.11. The van der Waals surface area contributed by atoms with Crippen LogP contribution < -0.4 is 15.4 Å². The number of urea groups is 1. The van der Waals surface area contributed by atoms with Crippen molar-refractivity contribution in [1.29, 1.82) is 0 Å². The fourth-order valence-electron chi connectivity index (χ4n) is 4.27. The Hall–Kier alpha value is -3.95. The van der Waals surface area contributed by atoms with Crippen molar-refractivity contribution in [3.05, 3.63) is 83.9 Å². The van der Waals surface area contributed by atoms with Gasteiger partial charge in [0.05, 0.1) is 22.5 Å². The van der Waals surface area contributed by atoms with Crippen LogP contribution in [0.5, 0.6) is 5.75 Å². The van der Waals surface area contributed by atoms with Gasteiger partial charge >= 0.3 is 6.03 Å². The Kier molecular flexibility index (Phi) is 7.62. The van der Waals surface area contributed by atoms with Crippen molar-refractivity contribution in [2.75, 3.05) is 43.4 Å². The van der Waals surface area contributed by atoms with E-state index in [2.05, 4.69) is 20.5 Å². The molecule has 0 radical (unpaired) electrons. The normalized spacial score (nSPS) is 13.9. The highest BCUT2D eigenvalue weighted by Gasteiger charge is 2.22. The zero-order chi connectivity index (χ0) is 25.6. The average molecular weight is 516 g/mol. The van der Waals surface area contributed by atoms with Gasteiger partial charge in [0.15, 0.2) is 5.13 Å². The molecule has 1 aliphatic rings. The van der Waals surface area contributed by atoms with Crippen LogP contribution in [0.15, 0.2) is 72.8 Å². The number of carbonyl (C=O) groups excluding carboxylic acids is 2. The van der Waals surface area contributed by atoms with E-state index in [-0.39, 0.29) is 11.9 Å². The van der Waals surface area contributed by atoms with Crippen LogP contribution in [0.2, 0.25) is 0 Å². The molecule has 8 nitrogen and oxygen atoms in total. The number of amides is 3. The van der Waals surface area contributed by atoms with Crippen LogP contribution in [-0.2, 0) is 6.54 Å². The van der Waals surface area contributed by atoms with Crippen molar-refractivity contribution < 1.29 is 14.3 Å². The number of thiazole rings is 1. The quantitative estimate of drug-likeness (QED) is 0.349. The third-order valence-corrected chi connectivity index (χ3v) is 7.18. The number of fused-ring (bicyclic) bond motifs is 1. The molecule has 0 unspecified atom stereocenters. The van der Waals surface area contributed by atoms with E-state index >= 15 is 0 Å². The summed E-state index contributed by atoms with van der Waals surface area (Å²) in [5.41, 5.74) is 3.28. The molecule has 190 valence electrons. The molecular formula is C28H29N5O3S. The summed E-state index contributed by atoms with van der Waals surface area (Å²) in [4.78, 5) is 34.1. The Labute approximate surface area is 219 Å². The summed E-state index contributed by atoms with van der Waals surface area (Å²) in [6.45, 7) is 6.07. The first-order chi connectivity index (χ1) is 18.1. The van der Waals surface area contributed by atoms with E-state index in [0.29, 0.717) is 41.8 Å². The molecule has 1 aliphatic heterocycles. The summed E-state index contributed by atoms with van der Waals surface area (Å²) in [7, 11) is 0. The molecule has 1 saturated heterocycles. The molecular weight excluding hydrogens is 486 g/mol. The van der Waals surface area contributed by atoms with Crippen LogP contribution in [-0.4, -0.2) is 59.5 Å². The molecule has 3 amide bonds. The number of nitrogens with one attached hydrogen (secondary N) is 2. The molecule has 37 heavy (non-hydrogen) atoms. The van der Waals surface area contributed by atoms with E-state index in [9.17, 15) is 9.59 Å². The Morgan fingerprint density at radius 3 is 2.41 bits per heavy atom. The molecule has 5 rings (SSSR count). The van der Waals surface area contributed by atoms with Crippen molar-refractivity contribution in [3.8, 4) is 5.75 Å². The third-order valence-electron chi connectivity index (χ3n) is 6.22. The Morgan fingerprint density at radius 2 is 1.65 bits per heavy atom. The minimum atomic E-state index is -0.170. The van der Waals surface area contributed by atoms with Gasteiger partial charge in [-0.05, 0) is 48.9 Å². The first-order valence-corrected chi connectivity index (χ1v) is 13.2. The zero-order valence-corrected chi connectivity index (χ0v) is 21.5. The van der Waals surface area contributed by atoms with Gasteiger partial charge in [0, 0.05) is 38.3 Å². The molecule has 2 N–H and O–H groups in total. The zero-order valence-electron chi connectivity index (χ0n) is 20.6. The van der Waals surface area contributed by atoms with Crippen LogP contribution in [0.4, 0.5) is 15.6 Å². The van der Waals surface area contributed by atoms with Crippen molar-refractivity contribution in [2.24, 2.45) is 0 Å². The maximum absolute atomic E-state index is 12.8. The SMILES string of the molecule is CCOc1ccccc1NC(=O)N1CCN(Cc2ccc(C(=O)Nc3nc4ccccc4s3)cc2)CC1. The second-order valence-corrected chi connectivity index (χ2v) is 9.79. The molecule has 3 aromatic carbocycles. The molecule has 0 atom stereocenters. The lowest BCUT2D eigenvalue weighted by atomic mass is 10.1. The van der Waals surface area contributed by atoms with E-state index in [4.69, 9.17) is 4.74 Å². The Bertz CT molecular complexity index is 1350. The van der Waals surface area contributed by atoms with Gasteiger partial charge in [-0.1, -0.05) is 47.7 Å². The lowest BCUT2D eigenvalue weighted by Crippen LogP contribution is -2.49. The second-order valence-electron chi connectivity index (χ2n) is 8.76. The van der Waals surface area contributed by atoms with Crippen LogP contribution in [0.1, 0.15) is 22.8 Å². The molecule has 2 heterocycles. The molecule has 0 aliphatic carbocycles. The van der Waals surface area contributed by atoms with E-state index in [0.717, 1.165) is 35.4 Å². The van der Waals surface area contributed by atoms with Crippen LogP contribution in [0, 0.1) is 0 Å². The maximum Gasteiger partial charge on any atom is 0.322 e. The number of anilines is 2. The number of piperazine rings is 1. The van der Waals surface area contributed by atoms with E-state index < -0.39 is 0 Å². The number of rotatable bonds is 7. The number of carbonyl (C=O) groups is 2. The van der Waals surface area contributed by atoms with Gasteiger partial charge in [-0.25, -0.2) is 9.78 Å². The fraction of sp³-hybridized carbons (Fsp3) is 0.250. The monoisotopic (exact) mass is 515 g/mol. The first-order valence-electron chi connectivity index (χ1n) is 12.3. The van der Waals surface area contributed by atoms with E-state index in [1.165, 1.54) is 11.3 Å². The summed E-state index contributed by atoms with van der Waals surface area (Å²) in [5, 5.41) is 6.47. The van der Waals surface area contributed by atoms with E-state index in [1.807, 2.05) is 84.6 Å². The topological polar surface area (TPSA) is 86.8 Å². The number of hydrogen-bond donors (Lipinski definition) is 2. The summed E-state index contributed by atoms with van der Waals surface area (Å²) in [6.07, 6.45) is 0. The number of benzene rings is 3. The van der Waals surface area contributed by atoms with Crippen molar-refractivity contribution in [2.45, 2.75) is 13.5 Å². The number of nitrogens with zero attached hydrogens (tertiary/aromatic N) is 3. The molecule has 4 aromatic rings. The van der Waals surface area contributed by atoms with E-state index in [1.54, 1.807) is 0 Å². The fourth-order valence-corrected chi connectivity index (χ4v) is 5.13. The van der Waals surface area contributed by atoms with Gasteiger partial charge in [-0.15, -0.1) is 0 Å².